The number of allylic oxidation sites excluding steroid dienone is 2. The molecule has 1 aromatic carbocycles. The molecule has 0 radical (unpaired) electrons. The van der Waals surface area contributed by atoms with Crippen molar-refractivity contribution in [3.05, 3.63) is 58.9 Å². The van der Waals surface area contributed by atoms with E-state index >= 15 is 0 Å². The molecular weight excluding hydrogens is 741 g/mol. The van der Waals surface area contributed by atoms with E-state index < -0.39 is 74.3 Å². The lowest BCUT2D eigenvalue weighted by atomic mass is 9.96. The summed E-state index contributed by atoms with van der Waals surface area (Å²) in [6.07, 6.45) is 10.1. The minimum atomic E-state index is -3.92. The van der Waals surface area contributed by atoms with Crippen molar-refractivity contribution in [2.75, 3.05) is 6.54 Å². The number of nitrogens with zero attached hydrogens (tertiary/aromatic N) is 3. The molecule has 56 heavy (non-hydrogen) atoms. The summed E-state index contributed by atoms with van der Waals surface area (Å²) in [7, 11) is -3.92. The number of aromatic nitrogens is 2. The van der Waals surface area contributed by atoms with Crippen LogP contribution in [-0.4, -0.2) is 87.8 Å². The summed E-state index contributed by atoms with van der Waals surface area (Å²) in [5, 5.41) is 5.47. The number of nitrogens with one attached hydrogen (secondary N) is 3. The van der Waals surface area contributed by atoms with E-state index in [1.807, 2.05) is 32.1 Å². The molecule has 300 valence electrons. The van der Waals surface area contributed by atoms with Crippen LogP contribution >= 0.6 is 0 Å². The van der Waals surface area contributed by atoms with Crippen LogP contribution in [-0.2, 0) is 35.7 Å². The van der Waals surface area contributed by atoms with Crippen molar-refractivity contribution in [1.29, 1.82) is 0 Å². The summed E-state index contributed by atoms with van der Waals surface area (Å²) < 4.78 is 41.6. The number of carbonyl (C=O) groups is 4. The summed E-state index contributed by atoms with van der Waals surface area (Å²) in [5.74, 6) is -2.64. The van der Waals surface area contributed by atoms with Crippen LogP contribution in [0.2, 0.25) is 0 Å². The molecule has 0 unspecified atom stereocenters. The summed E-state index contributed by atoms with van der Waals surface area (Å²) in [6, 6.07) is 3.24. The molecule has 4 aliphatic carbocycles. The fourth-order valence-electron chi connectivity index (χ4n) is 8.88. The molecule has 5 fully saturated rings. The topological polar surface area (TPSA) is 195 Å². The summed E-state index contributed by atoms with van der Waals surface area (Å²) >= 11 is 0. The van der Waals surface area contributed by atoms with Crippen LogP contribution in [0.15, 0.2) is 47.8 Å². The molecular formula is C40H50N6O9S. The van der Waals surface area contributed by atoms with Crippen LogP contribution in [0, 0.1) is 24.7 Å². The fraction of sp³-hybridized carbons (Fsp3) is 0.600. The van der Waals surface area contributed by atoms with Gasteiger partial charge in [0.25, 0.3) is 17.5 Å². The third kappa shape index (κ3) is 7.32. The summed E-state index contributed by atoms with van der Waals surface area (Å²) in [5.41, 5.74) is -1.20. The number of sulfonamides is 1. The molecule has 0 spiro atoms. The molecule has 15 nitrogen and oxygen atoms in total. The van der Waals surface area contributed by atoms with Gasteiger partial charge in [-0.05, 0) is 88.8 Å². The van der Waals surface area contributed by atoms with Gasteiger partial charge in [0.05, 0.1) is 22.7 Å². The van der Waals surface area contributed by atoms with Crippen LogP contribution in [0.3, 0.4) is 0 Å². The van der Waals surface area contributed by atoms with Gasteiger partial charge in [0.2, 0.25) is 21.8 Å². The summed E-state index contributed by atoms with van der Waals surface area (Å²) in [6.45, 7) is 7.65. The number of fused-ring (bicyclic) bond motifs is 5. The van der Waals surface area contributed by atoms with Gasteiger partial charge in [-0.3, -0.25) is 28.5 Å². The Morgan fingerprint density at radius 2 is 1.84 bits per heavy atom. The molecule has 4 amide bonds. The Bertz CT molecular complexity index is 2180. The number of rotatable bonds is 7. The van der Waals surface area contributed by atoms with Crippen LogP contribution in [0.25, 0.3) is 10.9 Å². The fourth-order valence-corrected chi connectivity index (χ4v) is 10.2. The maximum Gasteiger partial charge on any atom is 0.408 e. The first-order chi connectivity index (χ1) is 26.7. The first-order valence-electron chi connectivity index (χ1n) is 19.8. The molecule has 6 aliphatic rings. The predicted octanol–water partition coefficient (Wildman–Crippen LogP) is 3.14. The van der Waals surface area contributed by atoms with Gasteiger partial charge in [0.1, 0.15) is 29.3 Å². The number of hydrogen-bond acceptors (Lipinski definition) is 10. The lowest BCUT2D eigenvalue weighted by Gasteiger charge is -2.32. The third-order valence-corrected chi connectivity index (χ3v) is 14.5. The second kappa shape index (κ2) is 14.3. The molecule has 3 heterocycles. The van der Waals surface area contributed by atoms with E-state index in [4.69, 9.17) is 14.5 Å². The van der Waals surface area contributed by atoms with Gasteiger partial charge < -0.3 is 25.0 Å². The molecule has 7 atom stereocenters. The Balaban J connectivity index is 1.15. The van der Waals surface area contributed by atoms with Gasteiger partial charge in [-0.15, -0.1) is 6.58 Å². The molecule has 3 N–H and O–H groups in total. The van der Waals surface area contributed by atoms with E-state index in [-0.39, 0.29) is 49.3 Å². The van der Waals surface area contributed by atoms with E-state index in [2.05, 4.69) is 21.9 Å². The predicted molar refractivity (Wildman–Crippen MR) is 205 cm³/mol. The number of amides is 4. The SMILES string of the molecule is C=C[C@@H]1C[C@]1(NC(=O)[C@@H]1C[C@@H]2CN1C(=O)[C@H](C1CCCC1)NC(=O)O[C@@]1(C)C[C@@H]1CC/C=C/Cn1c(nc3cc(C)ccc3c1=O)O2)C(=O)NS(=O)(=O)C1CC1. The zero-order valence-electron chi connectivity index (χ0n) is 31.8. The number of alkyl carbamates (subject to hydrolysis) is 1. The van der Waals surface area contributed by atoms with E-state index in [9.17, 15) is 32.4 Å². The molecule has 2 aromatic rings. The highest BCUT2D eigenvalue weighted by Crippen LogP contribution is 2.50. The van der Waals surface area contributed by atoms with Crippen LogP contribution in [0.4, 0.5) is 4.79 Å². The second-order valence-electron chi connectivity index (χ2n) is 16.8. The lowest BCUT2D eigenvalue weighted by Crippen LogP contribution is -2.59. The second-order valence-corrected chi connectivity index (χ2v) is 18.8. The van der Waals surface area contributed by atoms with Gasteiger partial charge in [0, 0.05) is 24.8 Å². The average Bonchev–Trinajstić information content (AvgIpc) is 4.10. The van der Waals surface area contributed by atoms with Crippen LogP contribution in [0.5, 0.6) is 6.01 Å². The molecule has 8 rings (SSSR count). The minimum absolute atomic E-state index is 0.0342. The number of benzene rings is 1. The molecule has 1 aromatic heterocycles. The van der Waals surface area contributed by atoms with E-state index in [0.29, 0.717) is 49.4 Å². The van der Waals surface area contributed by atoms with E-state index in [1.165, 1.54) is 15.5 Å². The molecule has 2 aliphatic heterocycles. The Morgan fingerprint density at radius 1 is 1.07 bits per heavy atom. The Morgan fingerprint density at radius 3 is 2.55 bits per heavy atom. The third-order valence-electron chi connectivity index (χ3n) is 12.7. The molecule has 4 saturated carbocycles. The Hall–Kier alpha value is -4.73. The first kappa shape index (κ1) is 38.2. The number of aryl methyl sites for hydroxylation is 1. The van der Waals surface area contributed by atoms with Crippen LogP contribution in [0.1, 0.15) is 83.1 Å². The van der Waals surface area contributed by atoms with Gasteiger partial charge in [-0.25, -0.2) is 13.2 Å². The van der Waals surface area contributed by atoms with Gasteiger partial charge in [0.15, 0.2) is 0 Å². The highest BCUT2D eigenvalue weighted by molar-refractivity contribution is 7.91. The normalized spacial score (nSPS) is 32.8. The van der Waals surface area contributed by atoms with Crippen molar-refractivity contribution < 1.29 is 37.1 Å². The van der Waals surface area contributed by atoms with Crippen molar-refractivity contribution in [3.63, 3.8) is 0 Å². The van der Waals surface area contributed by atoms with E-state index in [0.717, 1.165) is 24.8 Å². The molecule has 2 bridgehead atoms. The van der Waals surface area contributed by atoms with Crippen molar-refractivity contribution in [1.82, 2.24) is 29.8 Å². The zero-order chi connectivity index (χ0) is 39.6. The van der Waals surface area contributed by atoms with Gasteiger partial charge in [-0.2, -0.15) is 4.98 Å². The quantitative estimate of drug-likeness (QED) is 0.351. The number of carbonyl (C=O) groups excluding carboxylic acids is 4. The Labute approximate surface area is 325 Å². The largest absolute Gasteiger partial charge is 0.459 e. The zero-order valence-corrected chi connectivity index (χ0v) is 32.6. The Kier molecular flexibility index (Phi) is 9.77. The van der Waals surface area contributed by atoms with Crippen molar-refractivity contribution >= 4 is 44.7 Å². The minimum Gasteiger partial charge on any atom is -0.459 e. The summed E-state index contributed by atoms with van der Waals surface area (Å²) in [4.78, 5) is 76.4. The van der Waals surface area contributed by atoms with Crippen LogP contribution < -0.4 is 25.7 Å². The van der Waals surface area contributed by atoms with E-state index in [1.54, 1.807) is 12.1 Å². The highest BCUT2D eigenvalue weighted by Gasteiger charge is 2.62. The van der Waals surface area contributed by atoms with Crippen molar-refractivity contribution in [3.8, 4) is 6.01 Å². The first-order valence-corrected chi connectivity index (χ1v) is 21.4. The van der Waals surface area contributed by atoms with Crippen molar-refractivity contribution in [2.45, 2.75) is 126 Å². The maximum atomic E-state index is 14.8. The van der Waals surface area contributed by atoms with Gasteiger partial charge >= 0.3 is 6.09 Å². The molecule has 1 saturated heterocycles. The average molecular weight is 791 g/mol. The number of ether oxygens (including phenoxy) is 2. The van der Waals surface area contributed by atoms with Crippen molar-refractivity contribution in [2.24, 2.45) is 17.8 Å². The molecule has 16 heteroatoms. The van der Waals surface area contributed by atoms with Gasteiger partial charge in [-0.1, -0.05) is 37.1 Å². The highest BCUT2D eigenvalue weighted by atomic mass is 32.2. The maximum absolute atomic E-state index is 14.8. The smallest absolute Gasteiger partial charge is 0.408 e. The monoisotopic (exact) mass is 790 g/mol. The lowest BCUT2D eigenvalue weighted by molar-refractivity contribution is -0.142. The number of hydrogen-bond donors (Lipinski definition) is 3. The standard InChI is InChI=1S/C40H50N6O9S/c1-4-25-21-40(25,36(50)44-56(52,53)28-14-15-28)43-33(47)31-19-27-22-46(31)35(49)32(24-10-7-8-11-24)42-38(51)55-39(3)20-26(39)12-6-5-9-17-45-34(48)29-16-13-23(2)18-30(29)41-37(45)54-27/h4-5,9,13,16,18,24-28,31-32H,1,6-8,10-12,14-15,17,19-22H2,2-3H3,(H,42,51)(H,43,47)(H,44,50)/b9-5+/t25-,26+,27-,31+,32+,39+,40-/m1/s1.